The second-order valence-electron chi connectivity index (χ2n) is 7.17. The molecule has 31 heavy (non-hydrogen) atoms. The van der Waals surface area contributed by atoms with Gasteiger partial charge in [-0.25, -0.2) is 0 Å². The molecule has 3 rings (SSSR count). The van der Waals surface area contributed by atoms with E-state index in [2.05, 4.69) is 20.8 Å². The van der Waals surface area contributed by atoms with E-state index in [1.165, 1.54) is 11.8 Å². The minimum absolute atomic E-state index is 0.0703. The molecule has 1 atom stereocenters. The van der Waals surface area contributed by atoms with Crippen molar-refractivity contribution in [2.75, 3.05) is 11.1 Å². The van der Waals surface area contributed by atoms with Gasteiger partial charge in [0.05, 0.1) is 18.2 Å². The molecule has 0 saturated carbocycles. The van der Waals surface area contributed by atoms with Gasteiger partial charge in [-0.15, -0.1) is 10.2 Å². The first-order chi connectivity index (χ1) is 15.0. The first-order valence-corrected chi connectivity index (χ1v) is 11.2. The Hall–Kier alpha value is -3.13. The Morgan fingerprint density at radius 2 is 1.74 bits per heavy atom. The van der Waals surface area contributed by atoms with Gasteiger partial charge in [0.2, 0.25) is 11.8 Å². The van der Waals surface area contributed by atoms with Crippen LogP contribution >= 0.6 is 11.8 Å². The first-order valence-electron chi connectivity index (χ1n) is 10.2. The fraction of sp³-hybridized carbons (Fsp3) is 0.304. The number of carbonyl (C=O) groups excluding carboxylic acids is 2. The number of anilines is 1. The number of aromatic nitrogens is 3. The monoisotopic (exact) mass is 437 g/mol. The number of aryl methyl sites for hydroxylation is 1. The molecule has 0 unspecified atom stereocenters. The molecule has 0 aliphatic carbocycles. The third-order valence-corrected chi connectivity index (χ3v) is 5.82. The van der Waals surface area contributed by atoms with Crippen molar-refractivity contribution < 1.29 is 9.59 Å². The molecule has 0 saturated heterocycles. The van der Waals surface area contributed by atoms with Crippen molar-refractivity contribution in [2.45, 2.75) is 44.9 Å². The second kappa shape index (κ2) is 10.8. The second-order valence-corrected chi connectivity index (χ2v) is 8.11. The number of nitrogens with one attached hydrogen (secondary N) is 2. The van der Waals surface area contributed by atoms with Crippen LogP contribution in [-0.2, 0) is 22.6 Å². The lowest BCUT2D eigenvalue weighted by Gasteiger charge is -2.14. The summed E-state index contributed by atoms with van der Waals surface area (Å²) in [6.45, 7) is 6.48. The fourth-order valence-electron chi connectivity index (χ4n) is 3.16. The van der Waals surface area contributed by atoms with Gasteiger partial charge in [-0.2, -0.15) is 0 Å². The summed E-state index contributed by atoms with van der Waals surface area (Å²) in [5.41, 5.74) is 2.84. The summed E-state index contributed by atoms with van der Waals surface area (Å²) in [7, 11) is 0. The summed E-state index contributed by atoms with van der Waals surface area (Å²) in [6, 6.07) is 17.4. The number of benzene rings is 2. The molecular weight excluding hydrogens is 410 g/mol. The predicted octanol–water partition coefficient (Wildman–Crippen LogP) is 3.76. The molecule has 162 valence electrons. The average molecular weight is 438 g/mol. The smallest absolute Gasteiger partial charge is 0.232 e. The maximum atomic E-state index is 12.5. The molecule has 0 radical (unpaired) electrons. The van der Waals surface area contributed by atoms with E-state index in [-0.39, 0.29) is 30.0 Å². The zero-order chi connectivity index (χ0) is 22.2. The maximum Gasteiger partial charge on any atom is 0.232 e. The lowest BCUT2D eigenvalue weighted by molar-refractivity contribution is -0.119. The van der Waals surface area contributed by atoms with Crippen molar-refractivity contribution in [2.24, 2.45) is 0 Å². The van der Waals surface area contributed by atoms with E-state index in [9.17, 15) is 9.59 Å². The number of hydrogen-bond acceptors (Lipinski definition) is 5. The molecule has 0 fully saturated rings. The van der Waals surface area contributed by atoms with Crippen LogP contribution in [0.15, 0.2) is 59.8 Å². The molecule has 2 N–H and O–H groups in total. The van der Waals surface area contributed by atoms with Crippen molar-refractivity contribution in [3.63, 3.8) is 0 Å². The van der Waals surface area contributed by atoms with Gasteiger partial charge in [0, 0.05) is 12.2 Å². The molecule has 0 aliphatic heterocycles. The number of hydrogen-bond donors (Lipinski definition) is 2. The van der Waals surface area contributed by atoms with Gasteiger partial charge in [-0.1, -0.05) is 60.3 Å². The van der Waals surface area contributed by atoms with E-state index in [4.69, 9.17) is 0 Å². The van der Waals surface area contributed by atoms with Gasteiger partial charge in [0.15, 0.2) is 5.16 Å². The van der Waals surface area contributed by atoms with Crippen molar-refractivity contribution >= 4 is 29.3 Å². The van der Waals surface area contributed by atoms with Crippen molar-refractivity contribution in [1.82, 2.24) is 20.1 Å². The van der Waals surface area contributed by atoms with Gasteiger partial charge in [0.1, 0.15) is 5.82 Å². The lowest BCUT2D eigenvalue weighted by atomic mass is 10.1. The number of para-hydroxylation sites is 1. The number of amides is 2. The first kappa shape index (κ1) is 22.6. The Kier molecular flexibility index (Phi) is 7.83. The molecule has 3 aromatic rings. The van der Waals surface area contributed by atoms with E-state index in [1.54, 1.807) is 0 Å². The van der Waals surface area contributed by atoms with E-state index < -0.39 is 0 Å². The van der Waals surface area contributed by atoms with Crippen LogP contribution in [0.4, 0.5) is 5.69 Å². The third-order valence-electron chi connectivity index (χ3n) is 4.86. The molecule has 1 aromatic heterocycles. The Bertz CT molecular complexity index is 1040. The topological polar surface area (TPSA) is 88.9 Å². The van der Waals surface area contributed by atoms with Crippen LogP contribution in [0.25, 0.3) is 0 Å². The van der Waals surface area contributed by atoms with Crippen molar-refractivity contribution in [3.8, 4) is 0 Å². The molecule has 2 amide bonds. The van der Waals surface area contributed by atoms with Gasteiger partial charge in [-0.3, -0.25) is 9.59 Å². The number of carbonyl (C=O) groups is 2. The molecule has 7 nitrogen and oxygen atoms in total. The summed E-state index contributed by atoms with van der Waals surface area (Å²) in [4.78, 5) is 24.8. The van der Waals surface area contributed by atoms with E-state index >= 15 is 0 Å². The minimum atomic E-state index is -0.151. The average Bonchev–Trinajstić information content (AvgIpc) is 3.15. The highest BCUT2D eigenvalue weighted by atomic mass is 32.2. The number of thioether (sulfide) groups is 1. The van der Waals surface area contributed by atoms with Crippen LogP contribution in [0, 0.1) is 6.92 Å². The molecule has 8 heteroatoms. The molecule has 2 aromatic carbocycles. The zero-order valence-electron chi connectivity index (χ0n) is 18.0. The summed E-state index contributed by atoms with van der Waals surface area (Å²) in [5, 5.41) is 14.9. The predicted molar refractivity (Wildman–Crippen MR) is 123 cm³/mol. The van der Waals surface area contributed by atoms with Crippen LogP contribution in [0.5, 0.6) is 0 Å². The van der Waals surface area contributed by atoms with Crippen LogP contribution in [0.2, 0.25) is 0 Å². The molecule has 1 heterocycles. The minimum Gasteiger partial charge on any atom is -0.349 e. The Morgan fingerprint density at radius 1 is 1.03 bits per heavy atom. The Morgan fingerprint density at radius 3 is 2.45 bits per heavy atom. The van der Waals surface area contributed by atoms with Gasteiger partial charge < -0.3 is 15.2 Å². The lowest BCUT2D eigenvalue weighted by Crippen LogP contribution is -2.28. The van der Waals surface area contributed by atoms with E-state index in [1.807, 2.05) is 79.9 Å². The summed E-state index contributed by atoms with van der Waals surface area (Å²) < 4.78 is 1.87. The van der Waals surface area contributed by atoms with Gasteiger partial charge in [-0.05, 0) is 38.0 Å². The normalized spacial score (nSPS) is 11.7. The quantitative estimate of drug-likeness (QED) is 0.498. The standard InChI is InChI=1S/C23H27N5O2S/c1-4-28-20(14-21(29)25-19-13-9-8-10-16(19)2)26-27-23(28)31-15-22(30)24-17(3)18-11-6-5-7-12-18/h5-13,17H,4,14-15H2,1-3H3,(H,24,30)(H,25,29)/t17-/m1/s1. The SMILES string of the molecule is CCn1c(CC(=O)Nc2ccccc2C)nnc1SCC(=O)N[C@H](C)c1ccccc1. The van der Waals surface area contributed by atoms with Crippen LogP contribution < -0.4 is 10.6 Å². The van der Waals surface area contributed by atoms with E-state index in [0.29, 0.717) is 17.5 Å². The molecule has 0 bridgehead atoms. The summed E-state index contributed by atoms with van der Waals surface area (Å²) in [6.07, 6.45) is 0.118. The molecule has 0 spiro atoms. The van der Waals surface area contributed by atoms with Crippen molar-refractivity contribution in [1.29, 1.82) is 0 Å². The van der Waals surface area contributed by atoms with Crippen LogP contribution in [-0.4, -0.2) is 32.3 Å². The highest BCUT2D eigenvalue weighted by molar-refractivity contribution is 7.99. The van der Waals surface area contributed by atoms with Crippen LogP contribution in [0.3, 0.4) is 0 Å². The summed E-state index contributed by atoms with van der Waals surface area (Å²) >= 11 is 1.32. The highest BCUT2D eigenvalue weighted by Gasteiger charge is 2.17. The number of nitrogens with zero attached hydrogens (tertiary/aromatic N) is 3. The molecule has 0 aliphatic rings. The highest BCUT2D eigenvalue weighted by Crippen LogP contribution is 2.19. The summed E-state index contributed by atoms with van der Waals surface area (Å²) in [5.74, 6) is 0.576. The zero-order valence-corrected chi connectivity index (χ0v) is 18.8. The van der Waals surface area contributed by atoms with E-state index in [0.717, 1.165) is 16.8 Å². The van der Waals surface area contributed by atoms with Gasteiger partial charge >= 0.3 is 0 Å². The Labute approximate surface area is 186 Å². The largest absolute Gasteiger partial charge is 0.349 e. The van der Waals surface area contributed by atoms with Gasteiger partial charge in [0.25, 0.3) is 0 Å². The third kappa shape index (κ3) is 6.18. The van der Waals surface area contributed by atoms with Crippen molar-refractivity contribution in [3.05, 3.63) is 71.5 Å². The van der Waals surface area contributed by atoms with Crippen LogP contribution in [0.1, 0.15) is 36.8 Å². The molecular formula is C23H27N5O2S. The number of rotatable bonds is 9. The Balaban J connectivity index is 1.56. The fourth-order valence-corrected chi connectivity index (χ4v) is 4.00. The maximum absolute atomic E-state index is 12.5.